The van der Waals surface area contributed by atoms with E-state index in [9.17, 15) is 4.79 Å². The number of benzene rings is 2. The van der Waals surface area contributed by atoms with Gasteiger partial charge in [0.05, 0.1) is 5.38 Å². The van der Waals surface area contributed by atoms with Crippen LogP contribution in [0.3, 0.4) is 0 Å². The number of urea groups is 1. The van der Waals surface area contributed by atoms with Crippen molar-refractivity contribution < 1.29 is 9.53 Å². The molecule has 2 aromatic carbocycles. The molecule has 0 aromatic heterocycles. The molecule has 0 saturated carbocycles. The molecule has 0 aliphatic carbocycles. The molecule has 0 heterocycles. The van der Waals surface area contributed by atoms with E-state index in [1.54, 1.807) is 50.5 Å². The number of alkyl halides is 1. The Balaban J connectivity index is 1.88. The lowest BCUT2D eigenvalue weighted by atomic mass is 10.1. The van der Waals surface area contributed by atoms with E-state index >= 15 is 0 Å². The SMILES string of the molecule is CN(C)C(=O)Nc1ccc(OCC(Cl)c2ccc(Cl)cc2)cc1. The number of nitrogens with one attached hydrogen (secondary N) is 1. The maximum atomic E-state index is 11.5. The Hall–Kier alpha value is -1.91. The third-order valence-corrected chi connectivity index (χ3v) is 3.77. The minimum absolute atomic E-state index is 0.178. The van der Waals surface area contributed by atoms with Crippen LogP contribution in [-0.2, 0) is 0 Å². The number of nitrogens with zero attached hydrogens (tertiary/aromatic N) is 1. The second kappa shape index (κ2) is 8.09. The van der Waals surface area contributed by atoms with Gasteiger partial charge in [0.2, 0.25) is 0 Å². The highest BCUT2D eigenvalue weighted by molar-refractivity contribution is 6.30. The van der Waals surface area contributed by atoms with Crippen LogP contribution in [0.5, 0.6) is 5.75 Å². The largest absolute Gasteiger partial charge is 0.492 e. The van der Waals surface area contributed by atoms with Gasteiger partial charge in [-0.3, -0.25) is 0 Å². The summed E-state index contributed by atoms with van der Waals surface area (Å²) >= 11 is 12.2. The molecule has 0 saturated heterocycles. The summed E-state index contributed by atoms with van der Waals surface area (Å²) in [5.41, 5.74) is 1.65. The Labute approximate surface area is 146 Å². The number of ether oxygens (including phenoxy) is 1. The van der Waals surface area contributed by atoms with E-state index in [-0.39, 0.29) is 11.4 Å². The Morgan fingerprint density at radius 2 is 1.74 bits per heavy atom. The molecule has 0 spiro atoms. The van der Waals surface area contributed by atoms with Crippen LogP contribution in [0.15, 0.2) is 48.5 Å². The van der Waals surface area contributed by atoms with Crippen molar-refractivity contribution in [2.45, 2.75) is 5.38 Å². The Kier molecular flexibility index (Phi) is 6.13. The summed E-state index contributed by atoms with van der Waals surface area (Å²) in [6.07, 6.45) is 0. The third kappa shape index (κ3) is 5.34. The highest BCUT2D eigenvalue weighted by Crippen LogP contribution is 2.24. The van der Waals surface area contributed by atoms with Crippen LogP contribution in [0.2, 0.25) is 5.02 Å². The standard InChI is InChI=1S/C17H18Cl2N2O2/c1-21(2)17(22)20-14-7-9-15(10-8-14)23-11-16(19)12-3-5-13(18)6-4-12/h3-10,16H,11H2,1-2H3,(H,20,22). The normalized spacial score (nSPS) is 11.7. The highest BCUT2D eigenvalue weighted by Gasteiger charge is 2.09. The number of anilines is 1. The molecule has 0 bridgehead atoms. The molecule has 2 amide bonds. The number of carbonyl (C=O) groups is 1. The van der Waals surface area contributed by atoms with Gasteiger partial charge in [0.25, 0.3) is 0 Å². The molecule has 4 nitrogen and oxygen atoms in total. The molecule has 2 rings (SSSR count). The van der Waals surface area contributed by atoms with Crippen molar-refractivity contribution in [2.24, 2.45) is 0 Å². The quantitative estimate of drug-likeness (QED) is 0.785. The number of carbonyl (C=O) groups excluding carboxylic acids is 1. The fourth-order valence-electron chi connectivity index (χ4n) is 1.81. The lowest BCUT2D eigenvalue weighted by Crippen LogP contribution is -2.27. The molecule has 122 valence electrons. The van der Waals surface area contributed by atoms with Crippen molar-refractivity contribution >= 4 is 34.9 Å². The first kappa shape index (κ1) is 17.4. The van der Waals surface area contributed by atoms with E-state index < -0.39 is 0 Å². The molecule has 0 aliphatic rings. The summed E-state index contributed by atoms with van der Waals surface area (Å²) in [6, 6.07) is 14.3. The first-order valence-electron chi connectivity index (χ1n) is 7.06. The van der Waals surface area contributed by atoms with Crippen molar-refractivity contribution in [3.05, 3.63) is 59.1 Å². The van der Waals surface area contributed by atoms with Gasteiger partial charge in [-0.1, -0.05) is 23.7 Å². The van der Waals surface area contributed by atoms with Crippen LogP contribution in [0, 0.1) is 0 Å². The van der Waals surface area contributed by atoms with Gasteiger partial charge in [0.15, 0.2) is 0 Å². The smallest absolute Gasteiger partial charge is 0.321 e. The van der Waals surface area contributed by atoms with Crippen molar-refractivity contribution in [1.29, 1.82) is 0 Å². The first-order valence-corrected chi connectivity index (χ1v) is 7.88. The maximum Gasteiger partial charge on any atom is 0.321 e. The lowest BCUT2D eigenvalue weighted by Gasteiger charge is -2.14. The first-order chi connectivity index (χ1) is 11.0. The van der Waals surface area contributed by atoms with Crippen molar-refractivity contribution in [1.82, 2.24) is 4.90 Å². The van der Waals surface area contributed by atoms with Gasteiger partial charge >= 0.3 is 6.03 Å². The highest BCUT2D eigenvalue weighted by atomic mass is 35.5. The number of rotatable bonds is 5. The Morgan fingerprint density at radius 3 is 2.30 bits per heavy atom. The molecule has 1 atom stereocenters. The van der Waals surface area contributed by atoms with Gasteiger partial charge in [-0.2, -0.15) is 0 Å². The van der Waals surface area contributed by atoms with Crippen LogP contribution in [0.1, 0.15) is 10.9 Å². The fourth-order valence-corrected chi connectivity index (χ4v) is 2.14. The van der Waals surface area contributed by atoms with E-state index in [2.05, 4.69) is 5.32 Å². The van der Waals surface area contributed by atoms with Crippen molar-refractivity contribution in [2.75, 3.05) is 26.0 Å². The summed E-state index contributed by atoms with van der Waals surface area (Å²) < 4.78 is 5.67. The molecule has 2 aromatic rings. The molecule has 6 heteroatoms. The van der Waals surface area contributed by atoms with Crippen molar-refractivity contribution in [3.8, 4) is 5.75 Å². The summed E-state index contributed by atoms with van der Waals surface area (Å²) in [4.78, 5) is 13.0. The molecular formula is C17H18Cl2N2O2. The van der Waals surface area contributed by atoms with Crippen LogP contribution in [0.4, 0.5) is 10.5 Å². The average Bonchev–Trinajstić information content (AvgIpc) is 2.54. The second-order valence-electron chi connectivity index (χ2n) is 5.18. The zero-order valence-corrected chi connectivity index (χ0v) is 14.4. The molecule has 0 fully saturated rings. The van der Waals surface area contributed by atoms with Gasteiger partial charge in [0.1, 0.15) is 12.4 Å². The Bertz CT molecular complexity index is 643. The predicted octanol–water partition coefficient (Wildman–Crippen LogP) is 4.79. The van der Waals surface area contributed by atoms with E-state index in [1.165, 1.54) is 4.90 Å². The minimum Gasteiger partial charge on any atom is -0.492 e. The van der Waals surface area contributed by atoms with E-state index in [0.717, 1.165) is 5.56 Å². The summed E-state index contributed by atoms with van der Waals surface area (Å²) in [6.45, 7) is 0.340. The number of halogens is 2. The van der Waals surface area contributed by atoms with Crippen LogP contribution >= 0.6 is 23.2 Å². The average molecular weight is 353 g/mol. The minimum atomic E-state index is -0.264. The monoisotopic (exact) mass is 352 g/mol. The zero-order valence-electron chi connectivity index (χ0n) is 12.9. The van der Waals surface area contributed by atoms with E-state index in [4.69, 9.17) is 27.9 Å². The van der Waals surface area contributed by atoms with Gasteiger partial charge in [-0.05, 0) is 42.0 Å². The van der Waals surface area contributed by atoms with Gasteiger partial charge < -0.3 is 15.0 Å². The van der Waals surface area contributed by atoms with Crippen LogP contribution in [0.25, 0.3) is 0 Å². The molecule has 1 N–H and O–H groups in total. The fraction of sp³-hybridized carbons (Fsp3) is 0.235. The van der Waals surface area contributed by atoms with Gasteiger partial charge in [-0.15, -0.1) is 11.6 Å². The molecule has 0 aliphatic heterocycles. The molecular weight excluding hydrogens is 335 g/mol. The summed E-state index contributed by atoms with van der Waals surface area (Å²) in [5.74, 6) is 0.687. The third-order valence-electron chi connectivity index (χ3n) is 3.14. The molecule has 23 heavy (non-hydrogen) atoms. The van der Waals surface area contributed by atoms with Gasteiger partial charge in [-0.25, -0.2) is 4.79 Å². The summed E-state index contributed by atoms with van der Waals surface area (Å²) in [5, 5.41) is 3.17. The zero-order chi connectivity index (χ0) is 16.8. The number of hydrogen-bond donors (Lipinski definition) is 1. The lowest BCUT2D eigenvalue weighted by molar-refractivity contribution is 0.230. The maximum absolute atomic E-state index is 11.5. The predicted molar refractivity (Wildman–Crippen MR) is 94.7 cm³/mol. The van der Waals surface area contributed by atoms with Crippen molar-refractivity contribution in [3.63, 3.8) is 0 Å². The topological polar surface area (TPSA) is 41.6 Å². The molecule has 0 radical (unpaired) electrons. The van der Waals surface area contributed by atoms with E-state index in [1.807, 2.05) is 12.1 Å². The van der Waals surface area contributed by atoms with Crippen LogP contribution < -0.4 is 10.1 Å². The van der Waals surface area contributed by atoms with Crippen LogP contribution in [-0.4, -0.2) is 31.6 Å². The summed E-state index contributed by atoms with van der Waals surface area (Å²) in [7, 11) is 3.37. The molecule has 1 unspecified atom stereocenters. The Morgan fingerprint density at radius 1 is 1.13 bits per heavy atom. The van der Waals surface area contributed by atoms with Gasteiger partial charge in [0, 0.05) is 24.8 Å². The second-order valence-corrected chi connectivity index (χ2v) is 6.14. The van der Waals surface area contributed by atoms with E-state index in [0.29, 0.717) is 23.1 Å². The number of hydrogen-bond acceptors (Lipinski definition) is 2. The number of amides is 2.